The Morgan fingerprint density at radius 1 is 1.39 bits per heavy atom. The van der Waals surface area contributed by atoms with Crippen molar-refractivity contribution in [2.75, 3.05) is 18.5 Å². The van der Waals surface area contributed by atoms with Gasteiger partial charge in [-0.05, 0) is 26.2 Å². The quantitative estimate of drug-likeness (QED) is 0.730. The molecule has 0 unspecified atom stereocenters. The molecular weight excluding hydrogens is 230 g/mol. The van der Waals surface area contributed by atoms with Crippen LogP contribution in [0, 0.1) is 0 Å². The second kappa shape index (κ2) is 7.16. The van der Waals surface area contributed by atoms with Crippen molar-refractivity contribution in [2.24, 2.45) is 0 Å². The lowest BCUT2D eigenvalue weighted by Crippen LogP contribution is -2.16. The maximum Gasteiger partial charge on any atom is 0.252 e. The summed E-state index contributed by atoms with van der Waals surface area (Å²) in [5, 5.41) is 3.11. The maximum atomic E-state index is 11.4. The van der Waals surface area contributed by atoms with E-state index in [1.165, 1.54) is 6.07 Å². The minimum Gasteiger partial charge on any atom is -0.379 e. The number of rotatable bonds is 7. The molecule has 0 fully saturated rings. The van der Waals surface area contributed by atoms with Crippen molar-refractivity contribution in [2.45, 2.75) is 46.1 Å². The monoisotopic (exact) mass is 253 g/mol. The SMILES string of the molecule is CC(C)OCCCNc1nc(C(C)C)cc(=O)[nH]1. The topological polar surface area (TPSA) is 67.0 Å². The van der Waals surface area contributed by atoms with Crippen molar-refractivity contribution in [1.82, 2.24) is 9.97 Å². The summed E-state index contributed by atoms with van der Waals surface area (Å²) in [5.41, 5.74) is 0.689. The van der Waals surface area contributed by atoms with Gasteiger partial charge in [-0.1, -0.05) is 13.8 Å². The predicted molar refractivity (Wildman–Crippen MR) is 73.1 cm³/mol. The van der Waals surface area contributed by atoms with Crippen LogP contribution in [0.1, 0.15) is 45.7 Å². The molecule has 5 heteroatoms. The van der Waals surface area contributed by atoms with Crippen LogP contribution >= 0.6 is 0 Å². The fourth-order valence-corrected chi connectivity index (χ4v) is 1.45. The lowest BCUT2D eigenvalue weighted by Gasteiger charge is -2.10. The molecule has 0 aliphatic rings. The third-order valence-electron chi connectivity index (χ3n) is 2.42. The number of H-pyrrole nitrogens is 1. The highest BCUT2D eigenvalue weighted by Crippen LogP contribution is 2.09. The molecule has 0 spiro atoms. The molecule has 0 saturated heterocycles. The number of aromatic nitrogens is 2. The molecule has 18 heavy (non-hydrogen) atoms. The summed E-state index contributed by atoms with van der Waals surface area (Å²) in [6.07, 6.45) is 1.14. The molecule has 0 saturated carbocycles. The second-order valence-corrected chi connectivity index (χ2v) is 4.87. The average Bonchev–Trinajstić information content (AvgIpc) is 2.27. The van der Waals surface area contributed by atoms with Gasteiger partial charge in [-0.25, -0.2) is 4.98 Å². The molecule has 0 bridgehead atoms. The Bertz CT molecular complexity index is 413. The van der Waals surface area contributed by atoms with E-state index in [1.54, 1.807) is 0 Å². The minimum atomic E-state index is -0.116. The summed E-state index contributed by atoms with van der Waals surface area (Å²) < 4.78 is 5.43. The number of anilines is 1. The average molecular weight is 253 g/mol. The molecule has 0 aromatic carbocycles. The first-order chi connectivity index (χ1) is 8.49. The van der Waals surface area contributed by atoms with Crippen molar-refractivity contribution < 1.29 is 4.74 Å². The molecular formula is C13H23N3O2. The molecule has 2 N–H and O–H groups in total. The van der Waals surface area contributed by atoms with Crippen molar-refractivity contribution >= 4 is 5.95 Å². The van der Waals surface area contributed by atoms with Crippen LogP contribution < -0.4 is 10.9 Å². The van der Waals surface area contributed by atoms with Crippen LogP contribution in [0.5, 0.6) is 0 Å². The van der Waals surface area contributed by atoms with Crippen molar-refractivity contribution in [1.29, 1.82) is 0 Å². The summed E-state index contributed by atoms with van der Waals surface area (Å²) in [7, 11) is 0. The molecule has 1 rings (SSSR count). The molecule has 5 nitrogen and oxygen atoms in total. The van der Waals surface area contributed by atoms with Crippen LogP contribution in [-0.2, 0) is 4.74 Å². The molecule has 0 amide bonds. The molecule has 1 aromatic heterocycles. The Balaban J connectivity index is 2.45. The molecule has 1 aromatic rings. The summed E-state index contributed by atoms with van der Waals surface area (Å²) in [5.74, 6) is 0.785. The van der Waals surface area contributed by atoms with Gasteiger partial charge in [0.05, 0.1) is 11.8 Å². The van der Waals surface area contributed by atoms with Gasteiger partial charge in [-0.15, -0.1) is 0 Å². The van der Waals surface area contributed by atoms with Crippen LogP contribution in [-0.4, -0.2) is 29.2 Å². The van der Waals surface area contributed by atoms with Gasteiger partial charge in [0.1, 0.15) is 0 Å². The minimum absolute atomic E-state index is 0.116. The Morgan fingerprint density at radius 3 is 2.72 bits per heavy atom. The lowest BCUT2D eigenvalue weighted by atomic mass is 10.1. The molecule has 102 valence electrons. The Hall–Kier alpha value is -1.36. The van der Waals surface area contributed by atoms with Crippen molar-refractivity contribution in [3.63, 3.8) is 0 Å². The highest BCUT2D eigenvalue weighted by molar-refractivity contribution is 5.25. The summed E-state index contributed by atoms with van der Waals surface area (Å²) >= 11 is 0. The first-order valence-electron chi connectivity index (χ1n) is 6.45. The predicted octanol–water partition coefficient (Wildman–Crippen LogP) is 2.12. The highest BCUT2D eigenvalue weighted by atomic mass is 16.5. The number of aromatic amines is 1. The van der Waals surface area contributed by atoms with E-state index < -0.39 is 0 Å². The molecule has 1 heterocycles. The zero-order valence-electron chi connectivity index (χ0n) is 11.6. The van der Waals surface area contributed by atoms with E-state index in [9.17, 15) is 4.79 Å². The Kier molecular flexibility index (Phi) is 5.85. The second-order valence-electron chi connectivity index (χ2n) is 4.87. The van der Waals surface area contributed by atoms with Crippen LogP contribution in [0.2, 0.25) is 0 Å². The summed E-state index contributed by atoms with van der Waals surface area (Å²) in [4.78, 5) is 18.5. The van der Waals surface area contributed by atoms with Gasteiger partial charge in [0.25, 0.3) is 5.56 Å². The van der Waals surface area contributed by atoms with Crippen LogP contribution in [0.4, 0.5) is 5.95 Å². The normalized spacial score (nSPS) is 11.2. The third kappa shape index (κ3) is 5.31. The van der Waals surface area contributed by atoms with Gasteiger partial charge in [0.2, 0.25) is 5.95 Å². The molecule has 0 aliphatic heterocycles. The number of ether oxygens (including phenoxy) is 1. The highest BCUT2D eigenvalue weighted by Gasteiger charge is 2.04. The smallest absolute Gasteiger partial charge is 0.252 e. The van der Waals surface area contributed by atoms with Crippen LogP contribution in [0.15, 0.2) is 10.9 Å². The summed E-state index contributed by atoms with van der Waals surface area (Å²) in [6.45, 7) is 9.50. The molecule has 0 aliphatic carbocycles. The van der Waals surface area contributed by atoms with Gasteiger partial charge in [-0.3, -0.25) is 9.78 Å². The van der Waals surface area contributed by atoms with Crippen LogP contribution in [0.25, 0.3) is 0 Å². The Morgan fingerprint density at radius 2 is 2.11 bits per heavy atom. The van der Waals surface area contributed by atoms with Gasteiger partial charge in [-0.2, -0.15) is 0 Å². The van der Waals surface area contributed by atoms with Gasteiger partial charge in [0.15, 0.2) is 0 Å². The van der Waals surface area contributed by atoms with E-state index >= 15 is 0 Å². The van der Waals surface area contributed by atoms with E-state index in [0.717, 1.165) is 18.7 Å². The van der Waals surface area contributed by atoms with Crippen molar-refractivity contribution in [3.05, 3.63) is 22.1 Å². The first kappa shape index (κ1) is 14.7. The van der Waals surface area contributed by atoms with Crippen LogP contribution in [0.3, 0.4) is 0 Å². The van der Waals surface area contributed by atoms with E-state index in [4.69, 9.17) is 4.74 Å². The standard InChI is InChI=1S/C13H23N3O2/c1-9(2)11-8-12(17)16-13(15-11)14-6-5-7-18-10(3)4/h8-10H,5-7H2,1-4H3,(H2,14,15,16,17). The Labute approximate surface area is 108 Å². The summed E-state index contributed by atoms with van der Waals surface area (Å²) in [6, 6.07) is 1.54. The number of hydrogen-bond acceptors (Lipinski definition) is 4. The lowest BCUT2D eigenvalue weighted by molar-refractivity contribution is 0.0787. The molecule has 0 radical (unpaired) electrons. The van der Waals surface area contributed by atoms with E-state index in [0.29, 0.717) is 12.6 Å². The maximum absolute atomic E-state index is 11.4. The van der Waals surface area contributed by atoms with Gasteiger partial charge < -0.3 is 10.1 Å². The molecule has 0 atom stereocenters. The van der Waals surface area contributed by atoms with Gasteiger partial charge >= 0.3 is 0 Å². The number of nitrogens with zero attached hydrogens (tertiary/aromatic N) is 1. The number of nitrogens with one attached hydrogen (secondary N) is 2. The fraction of sp³-hybridized carbons (Fsp3) is 0.692. The largest absolute Gasteiger partial charge is 0.379 e. The third-order valence-corrected chi connectivity index (χ3v) is 2.42. The van der Waals surface area contributed by atoms with Gasteiger partial charge in [0, 0.05) is 19.2 Å². The first-order valence-corrected chi connectivity index (χ1v) is 6.45. The van der Waals surface area contributed by atoms with E-state index in [1.807, 2.05) is 27.7 Å². The fourth-order valence-electron chi connectivity index (χ4n) is 1.45. The van der Waals surface area contributed by atoms with E-state index in [2.05, 4.69) is 15.3 Å². The number of hydrogen-bond donors (Lipinski definition) is 2. The van der Waals surface area contributed by atoms with E-state index in [-0.39, 0.29) is 17.6 Å². The zero-order valence-corrected chi connectivity index (χ0v) is 11.6. The zero-order chi connectivity index (χ0) is 13.5. The van der Waals surface area contributed by atoms with Crippen molar-refractivity contribution in [3.8, 4) is 0 Å².